The molecule has 0 fully saturated rings. The van der Waals surface area contributed by atoms with Crippen molar-refractivity contribution in [2.75, 3.05) is 13.7 Å². The summed E-state index contributed by atoms with van der Waals surface area (Å²) in [6.45, 7) is 4.07. The summed E-state index contributed by atoms with van der Waals surface area (Å²) in [6, 6.07) is 0. The van der Waals surface area contributed by atoms with Gasteiger partial charge in [0.1, 0.15) is 12.4 Å². The molecule has 1 rings (SSSR count). The van der Waals surface area contributed by atoms with Crippen LogP contribution in [-0.4, -0.2) is 18.3 Å². The molecule has 3 nitrogen and oxygen atoms in total. The highest BCUT2D eigenvalue weighted by Crippen LogP contribution is 1.98. The number of aromatic nitrogens is 2. The van der Waals surface area contributed by atoms with E-state index in [1.807, 2.05) is 0 Å². The summed E-state index contributed by atoms with van der Waals surface area (Å²) in [5.74, 6) is 1.37. The van der Waals surface area contributed by atoms with Crippen LogP contribution in [0, 0.1) is 0 Å². The smallest absolute Gasteiger partial charge is 0.255 e. The van der Waals surface area contributed by atoms with Crippen LogP contribution in [-0.2, 0) is 24.8 Å². The van der Waals surface area contributed by atoms with Gasteiger partial charge in [-0.3, -0.25) is 0 Å². The molecule has 0 unspecified atom stereocenters. The summed E-state index contributed by atoms with van der Waals surface area (Å²) < 4.78 is 9.49. The Balaban J connectivity index is 2.55. The van der Waals surface area contributed by atoms with Crippen molar-refractivity contribution < 1.29 is 9.30 Å². The van der Waals surface area contributed by atoms with Crippen molar-refractivity contribution in [3.8, 4) is 0 Å². The molecule has 1 aromatic rings. The first-order valence-electron chi connectivity index (χ1n) is 4.82. The summed E-state index contributed by atoms with van der Waals surface area (Å²) in [4.78, 5) is 0. The molecule has 0 saturated carbocycles. The SMILES string of the molecule is CCc1n(CCCOC)cc[n+]1C. The Hall–Kier alpha value is -0.830. The molecule has 74 valence electrons. The molecule has 1 heterocycles. The van der Waals surface area contributed by atoms with Crippen molar-refractivity contribution in [1.82, 2.24) is 4.57 Å². The lowest BCUT2D eigenvalue weighted by atomic mass is 10.4. The lowest BCUT2D eigenvalue weighted by Crippen LogP contribution is -2.31. The molecule has 3 heteroatoms. The maximum absolute atomic E-state index is 5.02. The van der Waals surface area contributed by atoms with Crippen molar-refractivity contribution in [2.45, 2.75) is 26.3 Å². The van der Waals surface area contributed by atoms with Crippen LogP contribution < -0.4 is 4.57 Å². The third kappa shape index (κ3) is 2.56. The second-order valence-electron chi connectivity index (χ2n) is 3.22. The molecule has 0 aliphatic heterocycles. The minimum absolute atomic E-state index is 0.838. The van der Waals surface area contributed by atoms with Gasteiger partial charge in [-0.2, -0.15) is 0 Å². The normalized spacial score (nSPS) is 10.7. The average molecular weight is 183 g/mol. The van der Waals surface area contributed by atoms with Gasteiger partial charge in [-0.05, 0) is 0 Å². The van der Waals surface area contributed by atoms with Gasteiger partial charge in [-0.1, -0.05) is 6.92 Å². The Morgan fingerprint density at radius 3 is 2.92 bits per heavy atom. The standard InChI is InChI=1S/C10H19N2O/c1-4-10-11(2)7-8-12(10)6-5-9-13-3/h7-8H,4-6,9H2,1-3H3/q+1. The highest BCUT2D eigenvalue weighted by atomic mass is 16.5. The monoisotopic (exact) mass is 183 g/mol. The zero-order valence-corrected chi connectivity index (χ0v) is 8.79. The largest absolute Gasteiger partial charge is 0.385 e. The van der Waals surface area contributed by atoms with E-state index in [9.17, 15) is 0 Å². The topological polar surface area (TPSA) is 18.0 Å². The highest BCUT2D eigenvalue weighted by molar-refractivity contribution is 4.82. The van der Waals surface area contributed by atoms with Gasteiger partial charge in [-0.15, -0.1) is 0 Å². The van der Waals surface area contributed by atoms with Gasteiger partial charge in [0, 0.05) is 26.6 Å². The number of hydrogen-bond acceptors (Lipinski definition) is 1. The minimum Gasteiger partial charge on any atom is -0.385 e. The first-order valence-corrected chi connectivity index (χ1v) is 4.82. The van der Waals surface area contributed by atoms with E-state index < -0.39 is 0 Å². The number of imidazole rings is 1. The van der Waals surface area contributed by atoms with E-state index in [1.54, 1.807) is 7.11 Å². The van der Waals surface area contributed by atoms with Gasteiger partial charge >= 0.3 is 0 Å². The van der Waals surface area contributed by atoms with Crippen LogP contribution in [0.25, 0.3) is 0 Å². The predicted octanol–water partition coefficient (Wildman–Crippen LogP) is 0.911. The van der Waals surface area contributed by atoms with Gasteiger partial charge in [0.05, 0.1) is 13.6 Å². The third-order valence-electron chi connectivity index (χ3n) is 2.27. The summed E-state index contributed by atoms with van der Waals surface area (Å²) in [5, 5.41) is 0. The number of nitrogens with zero attached hydrogens (tertiary/aromatic N) is 2. The number of aryl methyl sites for hydroxylation is 2. The van der Waals surface area contributed by atoms with Crippen molar-refractivity contribution in [3.05, 3.63) is 18.2 Å². The molecule has 0 N–H and O–H groups in total. The molecule has 13 heavy (non-hydrogen) atoms. The van der Waals surface area contributed by atoms with E-state index >= 15 is 0 Å². The zero-order valence-electron chi connectivity index (χ0n) is 8.79. The van der Waals surface area contributed by atoms with Crippen LogP contribution in [0.4, 0.5) is 0 Å². The molecule has 0 bridgehead atoms. The van der Waals surface area contributed by atoms with E-state index in [0.29, 0.717) is 0 Å². The lowest BCUT2D eigenvalue weighted by Gasteiger charge is -2.00. The maximum Gasteiger partial charge on any atom is 0.255 e. The minimum atomic E-state index is 0.838. The van der Waals surface area contributed by atoms with E-state index in [-0.39, 0.29) is 0 Å². The fourth-order valence-electron chi connectivity index (χ4n) is 1.59. The Morgan fingerprint density at radius 2 is 2.31 bits per heavy atom. The number of ether oxygens (including phenoxy) is 1. The molecule has 0 amide bonds. The highest BCUT2D eigenvalue weighted by Gasteiger charge is 2.10. The zero-order chi connectivity index (χ0) is 9.68. The molecule has 0 aliphatic rings. The summed E-state index contributed by atoms with van der Waals surface area (Å²) in [5.41, 5.74) is 0. The van der Waals surface area contributed by atoms with Gasteiger partial charge in [-0.25, -0.2) is 9.13 Å². The second kappa shape index (κ2) is 5.02. The first kappa shape index (κ1) is 10.3. The van der Waals surface area contributed by atoms with Crippen LogP contribution in [0.15, 0.2) is 12.4 Å². The van der Waals surface area contributed by atoms with Crippen molar-refractivity contribution in [2.24, 2.45) is 7.05 Å². The van der Waals surface area contributed by atoms with Gasteiger partial charge < -0.3 is 4.74 Å². The third-order valence-corrected chi connectivity index (χ3v) is 2.27. The number of rotatable bonds is 5. The maximum atomic E-state index is 5.02. The van der Waals surface area contributed by atoms with E-state index in [2.05, 4.69) is 35.5 Å². The van der Waals surface area contributed by atoms with Crippen LogP contribution in [0.5, 0.6) is 0 Å². The van der Waals surface area contributed by atoms with Crippen LogP contribution in [0.3, 0.4) is 0 Å². The van der Waals surface area contributed by atoms with Crippen LogP contribution in [0.2, 0.25) is 0 Å². The predicted molar refractivity (Wildman–Crippen MR) is 51.5 cm³/mol. The summed E-state index contributed by atoms with van der Waals surface area (Å²) >= 11 is 0. The first-order chi connectivity index (χ1) is 6.29. The fourth-order valence-corrected chi connectivity index (χ4v) is 1.59. The van der Waals surface area contributed by atoms with Gasteiger partial charge in [0.15, 0.2) is 0 Å². The van der Waals surface area contributed by atoms with E-state index in [4.69, 9.17) is 4.74 Å². The molecule has 0 aliphatic carbocycles. The Bertz CT molecular complexity index is 255. The molecule has 0 saturated heterocycles. The quantitative estimate of drug-likeness (QED) is 0.490. The molecule has 1 aromatic heterocycles. The number of methoxy groups -OCH3 is 1. The van der Waals surface area contributed by atoms with Crippen molar-refractivity contribution in [3.63, 3.8) is 0 Å². The molecule has 0 atom stereocenters. The molecule has 0 radical (unpaired) electrons. The summed E-state index contributed by atoms with van der Waals surface area (Å²) in [6.07, 6.45) is 6.40. The van der Waals surface area contributed by atoms with Crippen LogP contribution in [0.1, 0.15) is 19.2 Å². The Labute approximate surface area is 79.9 Å². The summed E-state index contributed by atoms with van der Waals surface area (Å²) in [7, 11) is 3.84. The average Bonchev–Trinajstić information content (AvgIpc) is 2.47. The molecular formula is C10H19N2O+. The fraction of sp³-hybridized carbons (Fsp3) is 0.700. The van der Waals surface area contributed by atoms with E-state index in [1.165, 1.54) is 5.82 Å². The van der Waals surface area contributed by atoms with E-state index in [0.717, 1.165) is 26.0 Å². The second-order valence-corrected chi connectivity index (χ2v) is 3.22. The molecular weight excluding hydrogens is 164 g/mol. The molecule has 0 aromatic carbocycles. The Kier molecular flexibility index (Phi) is 3.96. The molecule has 0 spiro atoms. The van der Waals surface area contributed by atoms with Crippen molar-refractivity contribution >= 4 is 0 Å². The van der Waals surface area contributed by atoms with Gasteiger partial charge in [0.25, 0.3) is 5.82 Å². The van der Waals surface area contributed by atoms with Gasteiger partial charge in [0.2, 0.25) is 0 Å². The lowest BCUT2D eigenvalue weighted by molar-refractivity contribution is -0.678. The Morgan fingerprint density at radius 1 is 1.54 bits per heavy atom. The van der Waals surface area contributed by atoms with Crippen LogP contribution >= 0.6 is 0 Å². The number of hydrogen-bond donors (Lipinski definition) is 0. The van der Waals surface area contributed by atoms with Crippen molar-refractivity contribution in [1.29, 1.82) is 0 Å².